The zero-order valence-corrected chi connectivity index (χ0v) is 19.3. The zero-order chi connectivity index (χ0) is 22.3. The molecule has 0 aromatic heterocycles. The van der Waals surface area contributed by atoms with E-state index in [1.54, 1.807) is 24.3 Å². The number of carboxylic acids is 1. The number of amides is 3. The Bertz CT molecular complexity index is 1040. The maximum atomic E-state index is 12.9. The number of carboxylic acid groups (broad SMARTS) is 1. The zero-order valence-electron chi connectivity index (χ0n) is 16.1. The number of nitrogens with zero attached hydrogens (tertiary/aromatic N) is 1. The Balaban J connectivity index is 1.52. The summed E-state index contributed by atoms with van der Waals surface area (Å²) < 4.78 is 0. The predicted molar refractivity (Wildman–Crippen MR) is 122 cm³/mol. The Hall–Kier alpha value is -2.52. The van der Waals surface area contributed by atoms with Crippen molar-refractivity contribution >= 4 is 66.9 Å². The van der Waals surface area contributed by atoms with Crippen molar-refractivity contribution in [3.8, 4) is 0 Å². The molecule has 2 N–H and O–H groups in total. The number of carbonyl (C=O) groups excluding carboxylic acids is 3. The summed E-state index contributed by atoms with van der Waals surface area (Å²) in [5.74, 6) is -2.76. The molecular weight excluding hydrogens is 532 g/mol. The fourth-order valence-electron chi connectivity index (χ4n) is 4.08. The minimum absolute atomic E-state index is 0.0153. The lowest BCUT2D eigenvalue weighted by Crippen LogP contribution is -2.34. The van der Waals surface area contributed by atoms with Gasteiger partial charge in [-0.3, -0.25) is 19.3 Å². The molecule has 0 bridgehead atoms. The van der Waals surface area contributed by atoms with Gasteiger partial charge in [0, 0.05) is 15.2 Å². The van der Waals surface area contributed by atoms with E-state index in [0.717, 1.165) is 0 Å². The summed E-state index contributed by atoms with van der Waals surface area (Å²) in [6, 6.07) is 12.3. The number of halogens is 2. The monoisotopic (exact) mass is 548 g/mol. The third kappa shape index (κ3) is 4.04. The van der Waals surface area contributed by atoms with Crippen LogP contribution in [0.2, 0.25) is 0 Å². The molecule has 3 amide bonds. The van der Waals surface area contributed by atoms with Crippen LogP contribution in [0.1, 0.15) is 33.6 Å². The Morgan fingerprint density at radius 3 is 2.00 bits per heavy atom. The van der Waals surface area contributed by atoms with Crippen molar-refractivity contribution in [3.05, 3.63) is 59.7 Å². The van der Waals surface area contributed by atoms with Gasteiger partial charge < -0.3 is 10.4 Å². The van der Waals surface area contributed by atoms with Gasteiger partial charge in [-0.1, -0.05) is 44.0 Å². The highest BCUT2D eigenvalue weighted by Gasteiger charge is 2.52. The first kappa shape index (κ1) is 21.7. The summed E-state index contributed by atoms with van der Waals surface area (Å²) >= 11 is 7.14. The van der Waals surface area contributed by atoms with Crippen LogP contribution in [-0.2, 0) is 9.59 Å². The number of aromatic carboxylic acids is 1. The van der Waals surface area contributed by atoms with Crippen LogP contribution in [0.4, 0.5) is 11.4 Å². The maximum Gasteiger partial charge on any atom is 0.337 e. The van der Waals surface area contributed by atoms with Gasteiger partial charge in [-0.2, -0.15) is 0 Å². The molecule has 1 heterocycles. The molecule has 160 valence electrons. The first-order chi connectivity index (χ1) is 14.8. The van der Waals surface area contributed by atoms with Crippen molar-refractivity contribution < 1.29 is 24.3 Å². The highest BCUT2D eigenvalue weighted by Crippen LogP contribution is 2.44. The normalized spacial score (nSPS) is 25.3. The van der Waals surface area contributed by atoms with E-state index in [9.17, 15) is 24.3 Å². The third-order valence-electron chi connectivity index (χ3n) is 5.70. The van der Waals surface area contributed by atoms with Crippen LogP contribution < -0.4 is 10.2 Å². The van der Waals surface area contributed by atoms with Crippen LogP contribution in [-0.4, -0.2) is 38.5 Å². The number of alkyl halides is 2. The molecule has 9 heteroatoms. The average Bonchev–Trinajstić information content (AvgIpc) is 2.98. The molecule has 4 atom stereocenters. The quantitative estimate of drug-likeness (QED) is 0.442. The summed E-state index contributed by atoms with van der Waals surface area (Å²) in [7, 11) is 0. The van der Waals surface area contributed by atoms with Crippen molar-refractivity contribution in [1.82, 2.24) is 0 Å². The highest BCUT2D eigenvalue weighted by atomic mass is 79.9. The van der Waals surface area contributed by atoms with Crippen LogP contribution in [0.5, 0.6) is 0 Å². The molecule has 31 heavy (non-hydrogen) atoms. The number of carbonyl (C=O) groups is 4. The lowest BCUT2D eigenvalue weighted by molar-refractivity contribution is -0.122. The Labute approximate surface area is 195 Å². The molecule has 0 spiro atoms. The van der Waals surface area contributed by atoms with E-state index in [4.69, 9.17) is 0 Å². The van der Waals surface area contributed by atoms with Crippen molar-refractivity contribution in [3.63, 3.8) is 0 Å². The molecule has 7 nitrogen and oxygen atoms in total. The lowest BCUT2D eigenvalue weighted by atomic mass is 9.81. The average molecular weight is 550 g/mol. The van der Waals surface area contributed by atoms with E-state index < -0.39 is 11.9 Å². The second kappa shape index (κ2) is 8.55. The van der Waals surface area contributed by atoms with Crippen molar-refractivity contribution in [2.75, 3.05) is 10.2 Å². The van der Waals surface area contributed by atoms with E-state index in [1.165, 1.54) is 29.2 Å². The van der Waals surface area contributed by atoms with Gasteiger partial charge in [0.25, 0.3) is 5.91 Å². The summed E-state index contributed by atoms with van der Waals surface area (Å²) in [5, 5.41) is 11.8. The van der Waals surface area contributed by atoms with E-state index >= 15 is 0 Å². The number of anilines is 2. The first-order valence-corrected chi connectivity index (χ1v) is 11.5. The molecule has 1 aliphatic carbocycles. The van der Waals surface area contributed by atoms with Gasteiger partial charge in [-0.25, -0.2) is 4.79 Å². The number of para-hydroxylation sites is 1. The van der Waals surface area contributed by atoms with Gasteiger partial charge in [0.05, 0.1) is 28.8 Å². The van der Waals surface area contributed by atoms with E-state index in [2.05, 4.69) is 37.2 Å². The highest BCUT2D eigenvalue weighted by molar-refractivity contribution is 9.12. The Morgan fingerprint density at radius 1 is 0.903 bits per heavy atom. The van der Waals surface area contributed by atoms with Crippen LogP contribution in [0, 0.1) is 11.8 Å². The Kier molecular flexibility index (Phi) is 5.98. The molecular formula is C22H18Br2N2O5. The standard InChI is InChI=1S/C22H18Br2N2O5/c23-16-9-14-15(10-17(16)24)21(29)26(20(14)28)12-7-5-11(6-8-12)19(27)25-18-4-2-1-3-13(18)22(30)31/h1-8,14-17H,9-10H2,(H,25,27)(H,30,31)/t14-,15+,16-,17-/m0/s1. The Morgan fingerprint density at radius 2 is 1.45 bits per heavy atom. The minimum atomic E-state index is -1.14. The number of rotatable bonds is 4. The number of hydrogen-bond donors (Lipinski definition) is 2. The molecule has 2 aromatic rings. The third-order valence-corrected chi connectivity index (χ3v) is 8.44. The second-order valence-electron chi connectivity index (χ2n) is 7.58. The van der Waals surface area contributed by atoms with Crippen LogP contribution in [0.3, 0.4) is 0 Å². The van der Waals surface area contributed by atoms with E-state index in [0.29, 0.717) is 18.5 Å². The summed E-state index contributed by atoms with van der Waals surface area (Å²) in [4.78, 5) is 51.1. The number of nitrogens with one attached hydrogen (secondary N) is 1. The number of fused-ring (bicyclic) bond motifs is 1. The van der Waals surface area contributed by atoms with Crippen LogP contribution >= 0.6 is 31.9 Å². The SMILES string of the molecule is O=C(Nc1ccccc1C(=O)O)c1ccc(N2C(=O)[C@H]3C[C@H](Br)[C@@H](Br)C[C@H]3C2=O)cc1. The lowest BCUT2D eigenvalue weighted by Gasteiger charge is -2.29. The van der Waals surface area contributed by atoms with Gasteiger partial charge in [0.15, 0.2) is 0 Å². The molecule has 2 aromatic carbocycles. The summed E-state index contributed by atoms with van der Waals surface area (Å²) in [6.45, 7) is 0. The molecule has 2 aliphatic rings. The van der Waals surface area contributed by atoms with E-state index in [-0.39, 0.29) is 50.1 Å². The number of imide groups is 1. The van der Waals surface area contributed by atoms with Gasteiger partial charge in [-0.15, -0.1) is 0 Å². The largest absolute Gasteiger partial charge is 0.478 e. The molecule has 0 radical (unpaired) electrons. The smallest absolute Gasteiger partial charge is 0.337 e. The maximum absolute atomic E-state index is 12.9. The predicted octanol–water partition coefficient (Wildman–Crippen LogP) is 4.06. The summed E-state index contributed by atoms with van der Waals surface area (Å²) in [6.07, 6.45) is 1.18. The topological polar surface area (TPSA) is 104 Å². The van der Waals surface area contributed by atoms with Crippen LogP contribution in [0.25, 0.3) is 0 Å². The number of hydrogen-bond acceptors (Lipinski definition) is 4. The molecule has 4 rings (SSSR count). The van der Waals surface area contributed by atoms with Gasteiger partial charge in [0.1, 0.15) is 0 Å². The first-order valence-electron chi connectivity index (χ1n) is 9.67. The van der Waals surface area contributed by atoms with E-state index in [1.807, 2.05) is 0 Å². The molecule has 1 saturated carbocycles. The van der Waals surface area contributed by atoms with Gasteiger partial charge in [-0.05, 0) is 49.2 Å². The fourth-order valence-corrected chi connectivity index (χ4v) is 5.32. The van der Waals surface area contributed by atoms with Crippen molar-refractivity contribution in [2.24, 2.45) is 11.8 Å². The molecule has 1 saturated heterocycles. The van der Waals surface area contributed by atoms with Gasteiger partial charge >= 0.3 is 5.97 Å². The van der Waals surface area contributed by atoms with Crippen LogP contribution in [0.15, 0.2) is 48.5 Å². The minimum Gasteiger partial charge on any atom is -0.478 e. The number of benzene rings is 2. The second-order valence-corrected chi connectivity index (χ2v) is 9.93. The summed E-state index contributed by atoms with van der Waals surface area (Å²) in [5.41, 5.74) is 0.871. The van der Waals surface area contributed by atoms with Crippen molar-refractivity contribution in [1.29, 1.82) is 0 Å². The molecule has 1 aliphatic heterocycles. The molecule has 2 fully saturated rings. The fraction of sp³-hybridized carbons (Fsp3) is 0.273. The molecule has 0 unspecified atom stereocenters. The van der Waals surface area contributed by atoms with Gasteiger partial charge in [0.2, 0.25) is 11.8 Å². The van der Waals surface area contributed by atoms with Crippen molar-refractivity contribution in [2.45, 2.75) is 22.5 Å².